The first-order valence-electron chi connectivity index (χ1n) is 10.2. The van der Waals surface area contributed by atoms with Gasteiger partial charge in [-0.3, -0.25) is 4.79 Å². The van der Waals surface area contributed by atoms with Crippen LogP contribution >= 0.6 is 0 Å². The summed E-state index contributed by atoms with van der Waals surface area (Å²) in [5, 5.41) is 38.6. The summed E-state index contributed by atoms with van der Waals surface area (Å²) in [7, 11) is 1.55. The molecule has 166 valence electrons. The monoisotopic (exact) mass is 451 g/mol. The van der Waals surface area contributed by atoms with E-state index in [-0.39, 0.29) is 39.9 Å². The second kappa shape index (κ2) is 8.94. The lowest BCUT2D eigenvalue weighted by atomic mass is 9.91. The van der Waals surface area contributed by atoms with Gasteiger partial charge in [0.15, 0.2) is 0 Å². The number of nitrogens with two attached hydrogens (primary N) is 1. The highest BCUT2D eigenvalue weighted by Gasteiger charge is 2.21. The largest absolute Gasteiger partial charge is 0.387 e. The lowest BCUT2D eigenvalue weighted by Crippen LogP contribution is -2.15. The number of nitrogens with zero attached hydrogens (tertiary/aromatic N) is 3. The number of aromatic nitrogens is 2. The van der Waals surface area contributed by atoms with Gasteiger partial charge in [-0.2, -0.15) is 15.6 Å². The van der Waals surface area contributed by atoms with Gasteiger partial charge in [0.05, 0.1) is 33.5 Å². The maximum atomic E-state index is 15.4. The van der Waals surface area contributed by atoms with Gasteiger partial charge in [0, 0.05) is 36.2 Å². The molecular weight excluding hydrogens is 433 g/mol. The number of aromatic amines is 1. The Morgan fingerprint density at radius 2 is 2.00 bits per heavy atom. The number of hydrogen-bond donors (Lipinski definition) is 4. The van der Waals surface area contributed by atoms with Crippen LogP contribution in [0.4, 0.5) is 4.39 Å². The van der Waals surface area contributed by atoms with E-state index in [9.17, 15) is 15.3 Å². The van der Waals surface area contributed by atoms with Crippen LogP contribution in [0.25, 0.3) is 32.8 Å². The number of nitrogens with one attached hydrogen (secondary N) is 3. The van der Waals surface area contributed by atoms with Gasteiger partial charge in [-0.05, 0) is 29.1 Å². The van der Waals surface area contributed by atoms with Crippen LogP contribution in [0.3, 0.4) is 0 Å². The molecule has 5 N–H and O–H groups in total. The molecule has 1 heterocycles. The molecule has 0 aliphatic rings. The summed E-state index contributed by atoms with van der Waals surface area (Å²) in [5.74, 6) is -0.638. The lowest BCUT2D eigenvalue weighted by Gasteiger charge is -2.17. The molecule has 8 nitrogen and oxygen atoms in total. The van der Waals surface area contributed by atoms with E-state index >= 15 is 4.39 Å². The summed E-state index contributed by atoms with van der Waals surface area (Å²) in [5.41, 5.74) is 6.53. The first-order valence-corrected chi connectivity index (χ1v) is 10.2. The molecule has 0 saturated heterocycles. The third-order valence-electron chi connectivity index (χ3n) is 5.62. The van der Waals surface area contributed by atoms with Crippen LogP contribution in [0.2, 0.25) is 0 Å². The van der Waals surface area contributed by atoms with Crippen molar-refractivity contribution in [2.45, 2.75) is 6.54 Å². The van der Waals surface area contributed by atoms with E-state index in [4.69, 9.17) is 11.1 Å². The zero-order valence-corrected chi connectivity index (χ0v) is 18.0. The van der Waals surface area contributed by atoms with Crippen molar-refractivity contribution in [1.29, 1.82) is 15.9 Å². The van der Waals surface area contributed by atoms with Gasteiger partial charge >= 0.3 is 0 Å². The van der Waals surface area contributed by atoms with Crippen molar-refractivity contribution in [2.24, 2.45) is 5.73 Å². The number of nitriles is 2. The van der Waals surface area contributed by atoms with Crippen molar-refractivity contribution in [3.63, 3.8) is 0 Å². The van der Waals surface area contributed by atoms with Gasteiger partial charge in [0.2, 0.25) is 0 Å². The average Bonchev–Trinajstić information content (AvgIpc) is 2.86. The molecule has 1 aromatic heterocycles. The molecule has 0 bridgehead atoms. The number of fused-ring (bicyclic) bond motifs is 2. The highest BCUT2D eigenvalue weighted by Crippen LogP contribution is 2.33. The minimum absolute atomic E-state index is 0.00199. The molecule has 0 amide bonds. The standard InChI is InChI=1S/C25H18FN7O/c1-31-24(23-19(11-29)16-5-3-2-4-13(16)8-20(23)26)18(10-28)14-6-15(9-27)22-17(7-14)21(12-30)32-33-25(22)34/h2-8,10,28,31H,12,30H2,1H3,(H,33,34)/b24-18+,28-10?. The van der Waals surface area contributed by atoms with E-state index in [1.165, 1.54) is 12.1 Å². The second-order valence-electron chi connectivity index (χ2n) is 7.39. The highest BCUT2D eigenvalue weighted by molar-refractivity contribution is 6.19. The fourth-order valence-corrected chi connectivity index (χ4v) is 4.12. The van der Waals surface area contributed by atoms with E-state index in [0.29, 0.717) is 27.4 Å². The summed E-state index contributed by atoms with van der Waals surface area (Å²) in [4.78, 5) is 12.4. The quantitative estimate of drug-likeness (QED) is 0.270. The smallest absolute Gasteiger partial charge is 0.273 e. The number of benzene rings is 3. The van der Waals surface area contributed by atoms with Crippen molar-refractivity contribution in [1.82, 2.24) is 15.5 Å². The third kappa shape index (κ3) is 3.47. The molecule has 0 atom stereocenters. The molecule has 0 unspecified atom stereocenters. The normalized spacial score (nSPS) is 11.6. The maximum absolute atomic E-state index is 15.4. The van der Waals surface area contributed by atoms with Crippen LogP contribution in [0.1, 0.15) is 27.9 Å². The van der Waals surface area contributed by atoms with Gasteiger partial charge in [0.1, 0.15) is 18.0 Å². The van der Waals surface area contributed by atoms with Gasteiger partial charge < -0.3 is 16.5 Å². The highest BCUT2D eigenvalue weighted by atomic mass is 19.1. The fourth-order valence-electron chi connectivity index (χ4n) is 4.12. The van der Waals surface area contributed by atoms with Gasteiger partial charge in [-0.25, -0.2) is 9.49 Å². The van der Waals surface area contributed by atoms with Crippen LogP contribution in [0.5, 0.6) is 0 Å². The zero-order valence-electron chi connectivity index (χ0n) is 18.0. The summed E-state index contributed by atoms with van der Waals surface area (Å²) in [6.07, 6.45) is 1.01. The van der Waals surface area contributed by atoms with E-state index < -0.39 is 11.4 Å². The molecule has 0 spiro atoms. The number of allylic oxidation sites excluding steroid dienone is 1. The predicted molar refractivity (Wildman–Crippen MR) is 128 cm³/mol. The number of H-pyrrole nitrogens is 1. The molecule has 0 fully saturated rings. The molecule has 9 heteroatoms. The summed E-state index contributed by atoms with van der Waals surface area (Å²) in [6.45, 7) is 0.00199. The van der Waals surface area contributed by atoms with Gasteiger partial charge in [-0.1, -0.05) is 24.3 Å². The molecule has 4 aromatic rings. The maximum Gasteiger partial charge on any atom is 0.273 e. The lowest BCUT2D eigenvalue weighted by molar-refractivity contribution is 0.624. The Hall–Kier alpha value is -4.86. The predicted octanol–water partition coefficient (Wildman–Crippen LogP) is 3.15. The zero-order chi connectivity index (χ0) is 24.4. The summed E-state index contributed by atoms with van der Waals surface area (Å²) < 4.78 is 15.4. The first kappa shape index (κ1) is 22.3. The summed E-state index contributed by atoms with van der Waals surface area (Å²) >= 11 is 0. The molecule has 0 radical (unpaired) electrons. The van der Waals surface area contributed by atoms with Crippen LogP contribution in [-0.2, 0) is 6.54 Å². The Morgan fingerprint density at radius 3 is 2.65 bits per heavy atom. The Bertz CT molecular complexity index is 1650. The van der Waals surface area contributed by atoms with Crippen molar-refractivity contribution in [3.8, 4) is 12.1 Å². The van der Waals surface area contributed by atoms with Crippen LogP contribution < -0.4 is 16.6 Å². The molecule has 0 aliphatic heterocycles. The second-order valence-corrected chi connectivity index (χ2v) is 7.39. The topological polar surface area (TPSA) is 155 Å². The van der Waals surface area contributed by atoms with Crippen molar-refractivity contribution in [2.75, 3.05) is 7.05 Å². The van der Waals surface area contributed by atoms with Crippen molar-refractivity contribution < 1.29 is 4.39 Å². The Balaban J connectivity index is 2.13. The minimum Gasteiger partial charge on any atom is -0.387 e. The van der Waals surface area contributed by atoms with Crippen LogP contribution in [0, 0.1) is 33.9 Å². The Morgan fingerprint density at radius 1 is 1.24 bits per heavy atom. The number of halogens is 1. The van der Waals surface area contributed by atoms with E-state index in [0.717, 1.165) is 6.21 Å². The van der Waals surface area contributed by atoms with E-state index in [2.05, 4.69) is 21.6 Å². The van der Waals surface area contributed by atoms with E-state index in [1.807, 2.05) is 6.07 Å². The average molecular weight is 451 g/mol. The number of rotatable bonds is 5. The van der Waals surface area contributed by atoms with Gasteiger partial charge in [-0.15, -0.1) is 0 Å². The Kier molecular flexibility index (Phi) is 5.88. The van der Waals surface area contributed by atoms with Crippen molar-refractivity contribution in [3.05, 3.63) is 86.6 Å². The van der Waals surface area contributed by atoms with Crippen LogP contribution in [0.15, 0.2) is 47.3 Å². The van der Waals surface area contributed by atoms with Crippen molar-refractivity contribution >= 4 is 39.0 Å². The van der Waals surface area contributed by atoms with Gasteiger partial charge in [0.25, 0.3) is 5.56 Å². The molecule has 0 aliphatic carbocycles. The third-order valence-corrected chi connectivity index (χ3v) is 5.62. The molecule has 3 aromatic carbocycles. The summed E-state index contributed by atoms with van der Waals surface area (Å²) in [6, 6.07) is 15.4. The first-order chi connectivity index (χ1) is 16.5. The fraction of sp³-hybridized carbons (Fsp3) is 0.0800. The van der Waals surface area contributed by atoms with E-state index in [1.54, 1.807) is 37.4 Å². The molecule has 0 saturated carbocycles. The SMILES string of the molecule is CN/C(=C(\C=N)c1cc(C#N)c2c(=O)[nH]nc(CN)c2c1)c1c(F)cc2ccccc2c1C#N. The molecule has 34 heavy (non-hydrogen) atoms. The number of hydrogen-bond acceptors (Lipinski definition) is 7. The molecular formula is C25H18FN7O. The Labute approximate surface area is 193 Å². The minimum atomic E-state index is -0.638. The van der Waals surface area contributed by atoms with Crippen LogP contribution in [-0.4, -0.2) is 23.5 Å². The molecule has 4 rings (SSSR count).